The minimum atomic E-state index is -0.706. The van der Waals surface area contributed by atoms with Gasteiger partial charge in [-0.25, -0.2) is 0 Å². The molecule has 0 aliphatic heterocycles. The summed E-state index contributed by atoms with van der Waals surface area (Å²) in [4.78, 5) is 27.5. The highest BCUT2D eigenvalue weighted by atomic mass is 16.5. The van der Waals surface area contributed by atoms with Crippen molar-refractivity contribution in [3.05, 3.63) is 48.0 Å². The Morgan fingerprint density at radius 2 is 1.39 bits per heavy atom. The lowest BCUT2D eigenvalue weighted by molar-refractivity contribution is -0.142. The normalized spacial score (nSPS) is 11.8. The van der Waals surface area contributed by atoms with Gasteiger partial charge in [0, 0.05) is 30.3 Å². The van der Waals surface area contributed by atoms with E-state index in [-0.39, 0.29) is 25.0 Å². The highest BCUT2D eigenvalue weighted by Gasteiger charge is 2.28. The lowest BCUT2D eigenvalue weighted by atomic mass is 10.1. The molecule has 0 spiro atoms. The Labute approximate surface area is 195 Å². The van der Waals surface area contributed by atoms with Crippen LogP contribution < -0.4 is 24.3 Å². The van der Waals surface area contributed by atoms with Gasteiger partial charge in [-0.15, -0.1) is 0 Å². The van der Waals surface area contributed by atoms with Crippen molar-refractivity contribution in [2.75, 3.05) is 27.9 Å². The largest absolute Gasteiger partial charge is 0.497 e. The maximum Gasteiger partial charge on any atom is 0.261 e. The monoisotopic (exact) mass is 458 g/mol. The zero-order valence-corrected chi connectivity index (χ0v) is 20.4. The molecule has 0 aromatic heterocycles. The fourth-order valence-corrected chi connectivity index (χ4v) is 3.08. The number of carbonyl (C=O) groups excluding carboxylic acids is 2. The summed E-state index contributed by atoms with van der Waals surface area (Å²) in [6.07, 6.45) is 0. The molecule has 2 rings (SSSR count). The van der Waals surface area contributed by atoms with Gasteiger partial charge < -0.3 is 29.2 Å². The maximum absolute atomic E-state index is 13.2. The zero-order valence-electron chi connectivity index (χ0n) is 20.4. The fraction of sp³-hybridized carbons (Fsp3) is 0.440. The molecule has 0 unspecified atom stereocenters. The van der Waals surface area contributed by atoms with Gasteiger partial charge in [-0.1, -0.05) is 12.1 Å². The van der Waals surface area contributed by atoms with Crippen LogP contribution in [0.1, 0.15) is 33.3 Å². The van der Waals surface area contributed by atoms with Gasteiger partial charge in [0.15, 0.2) is 6.61 Å². The van der Waals surface area contributed by atoms with Crippen molar-refractivity contribution in [3.63, 3.8) is 0 Å². The molecule has 2 amide bonds. The Morgan fingerprint density at radius 1 is 0.879 bits per heavy atom. The third-order valence-corrected chi connectivity index (χ3v) is 4.86. The van der Waals surface area contributed by atoms with Crippen molar-refractivity contribution in [1.29, 1.82) is 0 Å². The molecule has 2 aromatic rings. The van der Waals surface area contributed by atoms with Crippen molar-refractivity contribution in [2.24, 2.45) is 0 Å². The van der Waals surface area contributed by atoms with E-state index in [9.17, 15) is 9.59 Å². The number of ether oxygens (including phenoxy) is 4. The average molecular weight is 459 g/mol. The predicted molar refractivity (Wildman–Crippen MR) is 126 cm³/mol. The summed E-state index contributed by atoms with van der Waals surface area (Å²) < 4.78 is 21.4. The molecule has 8 heteroatoms. The molecule has 0 heterocycles. The van der Waals surface area contributed by atoms with Gasteiger partial charge in [0.2, 0.25) is 5.91 Å². The third kappa shape index (κ3) is 7.89. The van der Waals surface area contributed by atoms with E-state index < -0.39 is 11.6 Å². The molecular formula is C25H34N2O6. The number of hydrogen-bond acceptors (Lipinski definition) is 6. The van der Waals surface area contributed by atoms with E-state index in [1.54, 1.807) is 32.2 Å². The molecule has 33 heavy (non-hydrogen) atoms. The molecule has 0 saturated carbocycles. The van der Waals surface area contributed by atoms with Gasteiger partial charge in [-0.3, -0.25) is 9.59 Å². The van der Waals surface area contributed by atoms with Gasteiger partial charge in [-0.2, -0.15) is 0 Å². The standard InChI is InChI=1S/C25H34N2O6/c1-17(24(29)26-25(2,3)4)27(15-18-8-10-19(30-5)11-9-18)23(28)16-33-22-13-20(31-6)12-21(14-22)32-7/h8-14,17H,15-16H2,1-7H3,(H,26,29)/t17-/m1/s1. The van der Waals surface area contributed by atoms with Crippen LogP contribution in [0.3, 0.4) is 0 Å². The van der Waals surface area contributed by atoms with Crippen LogP contribution in [0, 0.1) is 0 Å². The number of carbonyl (C=O) groups is 2. The second-order valence-electron chi connectivity index (χ2n) is 8.62. The number of rotatable bonds is 10. The van der Waals surface area contributed by atoms with Crippen LogP contribution in [0.15, 0.2) is 42.5 Å². The minimum Gasteiger partial charge on any atom is -0.497 e. The number of nitrogens with zero attached hydrogens (tertiary/aromatic N) is 1. The minimum absolute atomic E-state index is 0.242. The Hall–Kier alpha value is -3.42. The smallest absolute Gasteiger partial charge is 0.261 e. The van der Waals surface area contributed by atoms with E-state index in [1.165, 1.54) is 19.1 Å². The summed E-state index contributed by atoms with van der Waals surface area (Å²) in [6, 6.07) is 11.7. The first-order valence-corrected chi connectivity index (χ1v) is 10.7. The predicted octanol–water partition coefficient (Wildman–Crippen LogP) is 3.42. The first kappa shape index (κ1) is 25.8. The van der Waals surface area contributed by atoms with Gasteiger partial charge in [0.25, 0.3) is 5.91 Å². The Kier molecular flexibility index (Phi) is 8.96. The van der Waals surface area contributed by atoms with Gasteiger partial charge in [0.05, 0.1) is 21.3 Å². The van der Waals surface area contributed by atoms with Crippen LogP contribution in [0.2, 0.25) is 0 Å². The molecule has 2 aromatic carbocycles. The molecule has 0 saturated heterocycles. The molecule has 0 aliphatic carbocycles. The van der Waals surface area contributed by atoms with E-state index in [0.29, 0.717) is 23.0 Å². The van der Waals surface area contributed by atoms with Crippen molar-refractivity contribution in [3.8, 4) is 23.0 Å². The molecule has 0 radical (unpaired) electrons. The summed E-state index contributed by atoms with van der Waals surface area (Å²) in [7, 11) is 4.67. The second kappa shape index (κ2) is 11.4. The molecule has 0 aliphatic rings. The van der Waals surface area contributed by atoms with E-state index in [0.717, 1.165) is 5.56 Å². The number of benzene rings is 2. The van der Waals surface area contributed by atoms with Crippen LogP contribution >= 0.6 is 0 Å². The third-order valence-electron chi connectivity index (χ3n) is 4.86. The van der Waals surface area contributed by atoms with Gasteiger partial charge >= 0.3 is 0 Å². The number of methoxy groups -OCH3 is 3. The lowest BCUT2D eigenvalue weighted by Gasteiger charge is -2.31. The van der Waals surface area contributed by atoms with Gasteiger partial charge in [0.1, 0.15) is 29.0 Å². The van der Waals surface area contributed by atoms with Crippen LogP contribution in [-0.2, 0) is 16.1 Å². The van der Waals surface area contributed by atoms with Crippen LogP contribution in [0.4, 0.5) is 0 Å². The van der Waals surface area contributed by atoms with E-state index in [2.05, 4.69) is 5.32 Å². The Balaban J connectivity index is 2.21. The lowest BCUT2D eigenvalue weighted by Crippen LogP contribution is -2.53. The van der Waals surface area contributed by atoms with Crippen molar-refractivity contribution in [1.82, 2.24) is 10.2 Å². The highest BCUT2D eigenvalue weighted by Crippen LogP contribution is 2.27. The Morgan fingerprint density at radius 3 is 1.88 bits per heavy atom. The van der Waals surface area contributed by atoms with Gasteiger partial charge in [-0.05, 0) is 45.4 Å². The second-order valence-corrected chi connectivity index (χ2v) is 8.62. The van der Waals surface area contributed by atoms with Crippen molar-refractivity contribution in [2.45, 2.75) is 45.8 Å². The maximum atomic E-state index is 13.2. The topological polar surface area (TPSA) is 86.3 Å². The fourth-order valence-electron chi connectivity index (χ4n) is 3.08. The molecular weight excluding hydrogens is 424 g/mol. The quantitative estimate of drug-likeness (QED) is 0.587. The van der Waals surface area contributed by atoms with E-state index in [1.807, 2.05) is 45.0 Å². The molecule has 1 atom stereocenters. The highest BCUT2D eigenvalue weighted by molar-refractivity contribution is 5.88. The van der Waals surface area contributed by atoms with E-state index in [4.69, 9.17) is 18.9 Å². The number of amides is 2. The molecule has 0 bridgehead atoms. The first-order chi connectivity index (χ1) is 15.6. The van der Waals surface area contributed by atoms with Crippen LogP contribution in [0.25, 0.3) is 0 Å². The molecule has 8 nitrogen and oxygen atoms in total. The summed E-state index contributed by atoms with van der Waals surface area (Å²) in [5, 5.41) is 2.94. The number of hydrogen-bond donors (Lipinski definition) is 1. The summed E-state index contributed by atoms with van der Waals surface area (Å²) in [5.41, 5.74) is 0.441. The SMILES string of the molecule is COc1ccc(CN(C(=O)COc2cc(OC)cc(OC)c2)[C@H](C)C(=O)NC(C)(C)C)cc1. The summed E-state index contributed by atoms with van der Waals surface area (Å²) >= 11 is 0. The Bertz CT molecular complexity index is 915. The van der Waals surface area contributed by atoms with Crippen LogP contribution in [-0.4, -0.2) is 56.2 Å². The summed E-state index contributed by atoms with van der Waals surface area (Å²) in [6.45, 7) is 7.38. The van der Waals surface area contributed by atoms with Crippen LogP contribution in [0.5, 0.6) is 23.0 Å². The molecule has 180 valence electrons. The first-order valence-electron chi connectivity index (χ1n) is 10.7. The van der Waals surface area contributed by atoms with Crippen molar-refractivity contribution >= 4 is 11.8 Å². The van der Waals surface area contributed by atoms with E-state index >= 15 is 0 Å². The molecule has 1 N–H and O–H groups in total. The summed E-state index contributed by atoms with van der Waals surface area (Å²) in [5.74, 6) is 1.66. The molecule has 0 fully saturated rings. The average Bonchev–Trinajstić information content (AvgIpc) is 2.79. The number of nitrogens with one attached hydrogen (secondary N) is 1. The zero-order chi connectivity index (χ0) is 24.6. The van der Waals surface area contributed by atoms with Crippen molar-refractivity contribution < 1.29 is 28.5 Å².